The first-order chi connectivity index (χ1) is 9.34. The van der Waals surface area contributed by atoms with E-state index in [0.717, 1.165) is 17.7 Å². The summed E-state index contributed by atoms with van der Waals surface area (Å²) in [5.74, 6) is 0.351. The van der Waals surface area contributed by atoms with Crippen molar-refractivity contribution in [1.29, 1.82) is 0 Å². The first-order valence-electron chi connectivity index (χ1n) is 5.56. The van der Waals surface area contributed by atoms with Gasteiger partial charge < -0.3 is 5.73 Å². The standard InChI is InChI=1S/C13H10ClF3N2S/c14-10-3-1-8(2-4-10)7-20-12-6-9(13(15,16)17)5-11(18)19-12/h1-6H,7H2,(H2,18,19). The summed E-state index contributed by atoms with van der Waals surface area (Å²) in [6.45, 7) is 0. The Labute approximate surface area is 123 Å². The molecule has 0 aliphatic rings. The lowest BCUT2D eigenvalue weighted by atomic mass is 10.2. The number of halogens is 4. The summed E-state index contributed by atoms with van der Waals surface area (Å²) in [4.78, 5) is 3.89. The van der Waals surface area contributed by atoms with E-state index in [1.54, 1.807) is 12.1 Å². The fourth-order valence-electron chi connectivity index (χ4n) is 1.50. The van der Waals surface area contributed by atoms with Crippen LogP contribution in [0, 0.1) is 0 Å². The maximum atomic E-state index is 12.6. The van der Waals surface area contributed by atoms with Crippen LogP contribution in [0.15, 0.2) is 41.4 Å². The second kappa shape index (κ2) is 5.93. The molecular formula is C13H10ClF3N2S. The smallest absolute Gasteiger partial charge is 0.384 e. The fraction of sp³-hybridized carbons (Fsp3) is 0.154. The van der Waals surface area contributed by atoms with Crippen molar-refractivity contribution in [3.8, 4) is 0 Å². The van der Waals surface area contributed by atoms with Crippen LogP contribution in [-0.4, -0.2) is 4.98 Å². The molecule has 0 unspecified atom stereocenters. The average Bonchev–Trinajstić information content (AvgIpc) is 2.36. The van der Waals surface area contributed by atoms with Crippen molar-refractivity contribution in [3.05, 3.63) is 52.5 Å². The first kappa shape index (κ1) is 15.0. The van der Waals surface area contributed by atoms with Gasteiger partial charge in [-0.3, -0.25) is 0 Å². The van der Waals surface area contributed by atoms with E-state index in [2.05, 4.69) is 4.98 Å². The van der Waals surface area contributed by atoms with E-state index >= 15 is 0 Å². The molecule has 0 fully saturated rings. The highest BCUT2D eigenvalue weighted by molar-refractivity contribution is 7.98. The molecule has 2 aromatic rings. The van der Waals surface area contributed by atoms with Crippen molar-refractivity contribution in [2.45, 2.75) is 17.0 Å². The summed E-state index contributed by atoms with van der Waals surface area (Å²) in [5, 5.41) is 0.854. The minimum absolute atomic E-state index is 0.140. The molecule has 0 amide bonds. The molecule has 7 heteroatoms. The van der Waals surface area contributed by atoms with E-state index in [1.807, 2.05) is 12.1 Å². The molecule has 20 heavy (non-hydrogen) atoms. The van der Waals surface area contributed by atoms with E-state index in [0.29, 0.717) is 10.8 Å². The van der Waals surface area contributed by atoms with Gasteiger partial charge in [-0.2, -0.15) is 13.2 Å². The molecule has 2 N–H and O–H groups in total. The minimum atomic E-state index is -4.42. The maximum absolute atomic E-state index is 12.6. The number of rotatable bonds is 3. The SMILES string of the molecule is Nc1cc(C(F)(F)F)cc(SCc2ccc(Cl)cc2)n1. The number of hydrogen-bond acceptors (Lipinski definition) is 3. The van der Waals surface area contributed by atoms with Crippen LogP contribution in [0.5, 0.6) is 0 Å². The zero-order valence-corrected chi connectivity index (χ0v) is 11.7. The minimum Gasteiger partial charge on any atom is -0.384 e. The van der Waals surface area contributed by atoms with Crippen molar-refractivity contribution >= 4 is 29.2 Å². The van der Waals surface area contributed by atoms with Crippen LogP contribution >= 0.6 is 23.4 Å². The van der Waals surface area contributed by atoms with Crippen LogP contribution in [-0.2, 0) is 11.9 Å². The van der Waals surface area contributed by atoms with Gasteiger partial charge in [-0.15, -0.1) is 11.8 Å². The molecule has 2 nitrogen and oxygen atoms in total. The van der Waals surface area contributed by atoms with Gasteiger partial charge in [0.1, 0.15) is 5.82 Å². The second-order valence-corrected chi connectivity index (χ2v) is 5.46. The van der Waals surface area contributed by atoms with Gasteiger partial charge in [0.05, 0.1) is 10.6 Å². The molecule has 1 heterocycles. The number of pyridine rings is 1. The van der Waals surface area contributed by atoms with E-state index in [9.17, 15) is 13.2 Å². The molecule has 106 valence electrons. The lowest BCUT2D eigenvalue weighted by molar-refractivity contribution is -0.137. The number of anilines is 1. The van der Waals surface area contributed by atoms with Gasteiger partial charge in [0, 0.05) is 10.8 Å². The van der Waals surface area contributed by atoms with Crippen molar-refractivity contribution in [2.75, 3.05) is 5.73 Å². The van der Waals surface area contributed by atoms with Crippen molar-refractivity contribution in [2.24, 2.45) is 0 Å². The summed E-state index contributed by atoms with van der Waals surface area (Å²) < 4.78 is 37.9. The number of thioether (sulfide) groups is 1. The zero-order valence-electron chi connectivity index (χ0n) is 10.1. The molecule has 0 spiro atoms. The Bertz CT molecular complexity index is 600. The summed E-state index contributed by atoms with van der Waals surface area (Å²) in [7, 11) is 0. The van der Waals surface area contributed by atoms with E-state index in [4.69, 9.17) is 17.3 Å². The van der Waals surface area contributed by atoms with Crippen molar-refractivity contribution in [1.82, 2.24) is 4.98 Å². The molecule has 0 radical (unpaired) electrons. The number of nitrogen functional groups attached to an aromatic ring is 1. The first-order valence-corrected chi connectivity index (χ1v) is 6.93. The highest BCUT2D eigenvalue weighted by atomic mass is 35.5. The number of hydrogen-bond donors (Lipinski definition) is 1. The lowest BCUT2D eigenvalue weighted by Crippen LogP contribution is -2.07. The highest BCUT2D eigenvalue weighted by Crippen LogP contribution is 2.33. The summed E-state index contributed by atoms with van der Waals surface area (Å²) in [5.41, 5.74) is 5.56. The van der Waals surface area contributed by atoms with Crippen LogP contribution in [0.4, 0.5) is 19.0 Å². The molecule has 1 aromatic heterocycles. The third kappa shape index (κ3) is 4.05. The molecular weight excluding hydrogens is 309 g/mol. The summed E-state index contributed by atoms with van der Waals surface area (Å²) in [6.07, 6.45) is -4.42. The Morgan fingerprint density at radius 2 is 1.80 bits per heavy atom. The molecule has 2 rings (SSSR count). The third-order valence-electron chi connectivity index (χ3n) is 2.45. The molecule has 0 saturated carbocycles. The normalized spacial score (nSPS) is 11.6. The van der Waals surface area contributed by atoms with Crippen LogP contribution in [0.2, 0.25) is 5.02 Å². The zero-order chi connectivity index (χ0) is 14.8. The van der Waals surface area contributed by atoms with E-state index in [1.165, 1.54) is 11.8 Å². The largest absolute Gasteiger partial charge is 0.416 e. The maximum Gasteiger partial charge on any atom is 0.416 e. The quantitative estimate of drug-likeness (QED) is 0.839. The van der Waals surface area contributed by atoms with Gasteiger partial charge >= 0.3 is 6.18 Å². The van der Waals surface area contributed by atoms with Crippen LogP contribution in [0.25, 0.3) is 0 Å². The molecule has 0 aliphatic carbocycles. The molecule has 0 bridgehead atoms. The van der Waals surface area contributed by atoms with Crippen molar-refractivity contribution in [3.63, 3.8) is 0 Å². The molecule has 1 aromatic carbocycles. The van der Waals surface area contributed by atoms with Crippen LogP contribution in [0.1, 0.15) is 11.1 Å². The van der Waals surface area contributed by atoms with Gasteiger partial charge in [0.15, 0.2) is 0 Å². The van der Waals surface area contributed by atoms with Gasteiger partial charge in [-0.05, 0) is 29.8 Å². The summed E-state index contributed by atoms with van der Waals surface area (Å²) in [6, 6.07) is 8.90. The van der Waals surface area contributed by atoms with Gasteiger partial charge in [-0.1, -0.05) is 23.7 Å². The second-order valence-electron chi connectivity index (χ2n) is 4.03. The molecule has 0 saturated heterocycles. The van der Waals surface area contributed by atoms with Gasteiger partial charge in [-0.25, -0.2) is 4.98 Å². The average molecular weight is 319 g/mol. The van der Waals surface area contributed by atoms with Crippen LogP contribution in [0.3, 0.4) is 0 Å². The molecule has 0 atom stereocenters. The number of nitrogens with two attached hydrogens (primary N) is 1. The van der Waals surface area contributed by atoms with Gasteiger partial charge in [0.25, 0.3) is 0 Å². The summed E-state index contributed by atoms with van der Waals surface area (Å²) >= 11 is 6.95. The Kier molecular flexibility index (Phi) is 4.45. The monoisotopic (exact) mass is 318 g/mol. The predicted molar refractivity (Wildman–Crippen MR) is 74.7 cm³/mol. The Morgan fingerprint density at radius 3 is 2.40 bits per heavy atom. The topological polar surface area (TPSA) is 38.9 Å². The number of benzene rings is 1. The highest BCUT2D eigenvalue weighted by Gasteiger charge is 2.31. The number of aromatic nitrogens is 1. The predicted octanol–water partition coefficient (Wildman–Crippen LogP) is 4.63. The number of nitrogens with zero attached hydrogens (tertiary/aromatic N) is 1. The fourth-order valence-corrected chi connectivity index (χ4v) is 2.51. The third-order valence-corrected chi connectivity index (χ3v) is 3.68. The van der Waals surface area contributed by atoms with E-state index in [-0.39, 0.29) is 10.8 Å². The van der Waals surface area contributed by atoms with Crippen LogP contribution < -0.4 is 5.73 Å². The van der Waals surface area contributed by atoms with Gasteiger partial charge in [0.2, 0.25) is 0 Å². The van der Waals surface area contributed by atoms with Crippen molar-refractivity contribution < 1.29 is 13.2 Å². The Morgan fingerprint density at radius 1 is 1.15 bits per heavy atom. The molecule has 0 aliphatic heterocycles. The number of alkyl halides is 3. The Hall–Kier alpha value is -1.40. The van der Waals surface area contributed by atoms with E-state index < -0.39 is 11.7 Å². The Balaban J connectivity index is 2.13. The lowest BCUT2D eigenvalue weighted by Gasteiger charge is -2.09.